The fraction of sp³-hybridized carbons (Fsp3) is 0.0625. The van der Waals surface area contributed by atoms with Crippen LogP contribution >= 0.6 is 0 Å². The van der Waals surface area contributed by atoms with E-state index in [9.17, 15) is 20.2 Å². The van der Waals surface area contributed by atoms with Gasteiger partial charge in [0.15, 0.2) is 0 Å². The quantitative estimate of drug-likeness (QED) is 0.548. The van der Waals surface area contributed by atoms with Gasteiger partial charge in [-0.3, -0.25) is 20.2 Å². The molecule has 3 rings (SSSR count). The predicted molar refractivity (Wildman–Crippen MR) is 93.3 cm³/mol. The van der Waals surface area contributed by atoms with Gasteiger partial charge in [0, 0.05) is 11.6 Å². The summed E-state index contributed by atoms with van der Waals surface area (Å²) in [5, 5.41) is 26.3. The number of methoxy groups -OCH3 is 1. The van der Waals surface area contributed by atoms with Crippen molar-refractivity contribution in [2.24, 2.45) is 0 Å². The number of nitrogen functional groups attached to an aromatic ring is 1. The number of hydrogen-bond acceptors (Lipinski definition) is 7. The van der Waals surface area contributed by atoms with Crippen molar-refractivity contribution in [1.82, 2.24) is 9.78 Å². The maximum Gasteiger partial charge on any atom is 0.301 e. The molecule has 2 aromatic carbocycles. The van der Waals surface area contributed by atoms with Crippen LogP contribution in [0.1, 0.15) is 0 Å². The number of nitrogens with zero attached hydrogens (tertiary/aromatic N) is 4. The lowest BCUT2D eigenvalue weighted by molar-refractivity contribution is -0.394. The number of non-ortho nitro benzene ring substituents is 1. The van der Waals surface area contributed by atoms with Gasteiger partial charge in [-0.15, -0.1) is 0 Å². The normalized spacial score (nSPS) is 10.5. The van der Waals surface area contributed by atoms with Crippen molar-refractivity contribution in [3.8, 4) is 22.6 Å². The van der Waals surface area contributed by atoms with Crippen molar-refractivity contribution in [3.63, 3.8) is 0 Å². The van der Waals surface area contributed by atoms with Crippen molar-refractivity contribution in [1.29, 1.82) is 0 Å². The smallest absolute Gasteiger partial charge is 0.301 e. The Balaban J connectivity index is 2.09. The van der Waals surface area contributed by atoms with Gasteiger partial charge in [0.25, 0.3) is 5.69 Å². The summed E-state index contributed by atoms with van der Waals surface area (Å²) in [7, 11) is 1.55. The molecule has 1 heterocycles. The van der Waals surface area contributed by atoms with Gasteiger partial charge >= 0.3 is 5.69 Å². The van der Waals surface area contributed by atoms with Crippen molar-refractivity contribution in [2.45, 2.75) is 0 Å². The predicted octanol–water partition coefficient (Wildman–Crippen LogP) is 2.95. The topological polar surface area (TPSA) is 139 Å². The minimum Gasteiger partial charge on any atom is -0.497 e. The molecule has 0 unspecified atom stereocenters. The van der Waals surface area contributed by atoms with E-state index in [1.165, 1.54) is 16.9 Å². The molecule has 10 heteroatoms. The minimum absolute atomic E-state index is 0.0397. The average Bonchev–Trinajstić information content (AvgIpc) is 3.02. The van der Waals surface area contributed by atoms with Gasteiger partial charge in [0.05, 0.1) is 29.2 Å². The van der Waals surface area contributed by atoms with E-state index >= 15 is 0 Å². The zero-order valence-electron chi connectivity index (χ0n) is 13.5. The first-order chi connectivity index (χ1) is 12.4. The van der Waals surface area contributed by atoms with Crippen LogP contribution in [0.5, 0.6) is 5.75 Å². The summed E-state index contributed by atoms with van der Waals surface area (Å²) in [5.41, 5.74) is 6.63. The molecule has 10 nitrogen and oxygen atoms in total. The summed E-state index contributed by atoms with van der Waals surface area (Å²) < 4.78 is 6.28. The Hall–Kier alpha value is -3.95. The lowest BCUT2D eigenvalue weighted by atomic mass is 10.1. The summed E-state index contributed by atoms with van der Waals surface area (Å²) in [4.78, 5) is 20.8. The Kier molecular flexibility index (Phi) is 4.23. The lowest BCUT2D eigenvalue weighted by Gasteiger charge is -2.07. The molecule has 0 atom stereocenters. The average molecular weight is 355 g/mol. The number of hydrogen-bond donors (Lipinski definition) is 1. The van der Waals surface area contributed by atoms with E-state index in [0.717, 1.165) is 17.7 Å². The van der Waals surface area contributed by atoms with E-state index in [2.05, 4.69) is 5.10 Å². The molecule has 0 bridgehead atoms. The molecule has 0 saturated carbocycles. The van der Waals surface area contributed by atoms with Crippen molar-refractivity contribution >= 4 is 17.2 Å². The molecule has 0 saturated heterocycles. The van der Waals surface area contributed by atoms with Crippen molar-refractivity contribution in [3.05, 3.63) is 68.9 Å². The zero-order valence-corrected chi connectivity index (χ0v) is 13.5. The molecule has 0 aliphatic rings. The molecular formula is C16H13N5O5. The van der Waals surface area contributed by atoms with Crippen molar-refractivity contribution < 1.29 is 14.6 Å². The molecule has 132 valence electrons. The van der Waals surface area contributed by atoms with Gasteiger partial charge in [-0.25, -0.2) is 4.68 Å². The maximum absolute atomic E-state index is 11.3. The third-order valence-electron chi connectivity index (χ3n) is 3.80. The molecule has 0 fully saturated rings. The van der Waals surface area contributed by atoms with E-state index in [1.807, 2.05) is 0 Å². The van der Waals surface area contributed by atoms with Crippen LogP contribution in [0.15, 0.2) is 48.7 Å². The van der Waals surface area contributed by atoms with E-state index in [1.54, 1.807) is 31.4 Å². The van der Waals surface area contributed by atoms with Gasteiger partial charge in [0.2, 0.25) is 0 Å². The van der Waals surface area contributed by atoms with Crippen LogP contribution in [-0.2, 0) is 0 Å². The fourth-order valence-electron chi connectivity index (χ4n) is 2.49. The van der Waals surface area contributed by atoms with Crippen LogP contribution in [0.4, 0.5) is 17.2 Å². The largest absolute Gasteiger partial charge is 0.497 e. The third-order valence-corrected chi connectivity index (χ3v) is 3.80. The van der Waals surface area contributed by atoms with Gasteiger partial charge in [-0.2, -0.15) is 5.10 Å². The minimum atomic E-state index is -0.712. The fourth-order valence-corrected chi connectivity index (χ4v) is 2.49. The van der Waals surface area contributed by atoms with Crippen LogP contribution < -0.4 is 10.5 Å². The van der Waals surface area contributed by atoms with E-state index in [0.29, 0.717) is 11.3 Å². The monoisotopic (exact) mass is 355 g/mol. The molecule has 0 aliphatic heterocycles. The van der Waals surface area contributed by atoms with Crippen LogP contribution in [0, 0.1) is 20.2 Å². The summed E-state index contributed by atoms with van der Waals surface area (Å²) in [5.74, 6) is 0.845. The molecule has 3 aromatic rings. The highest BCUT2D eigenvalue weighted by Crippen LogP contribution is 2.33. The van der Waals surface area contributed by atoms with E-state index < -0.39 is 15.5 Å². The molecule has 0 amide bonds. The van der Waals surface area contributed by atoms with Gasteiger partial charge < -0.3 is 10.5 Å². The Morgan fingerprint density at radius 1 is 1.08 bits per heavy atom. The Morgan fingerprint density at radius 2 is 1.77 bits per heavy atom. The summed E-state index contributed by atoms with van der Waals surface area (Å²) in [6.45, 7) is 0. The first-order valence-electron chi connectivity index (χ1n) is 7.33. The first kappa shape index (κ1) is 16.9. The summed E-state index contributed by atoms with van der Waals surface area (Å²) >= 11 is 0. The first-order valence-corrected chi connectivity index (χ1v) is 7.33. The number of nitrogens with two attached hydrogens (primary N) is 1. The highest BCUT2D eigenvalue weighted by molar-refractivity contribution is 5.76. The maximum atomic E-state index is 11.3. The molecular weight excluding hydrogens is 342 g/mol. The number of rotatable bonds is 5. The zero-order chi connectivity index (χ0) is 18.8. The van der Waals surface area contributed by atoms with Gasteiger partial charge in [0.1, 0.15) is 17.3 Å². The molecule has 0 spiro atoms. The number of nitro groups is 2. The van der Waals surface area contributed by atoms with Gasteiger partial charge in [-0.05, 0) is 23.8 Å². The van der Waals surface area contributed by atoms with E-state index in [4.69, 9.17) is 10.5 Å². The van der Waals surface area contributed by atoms with Gasteiger partial charge in [-0.1, -0.05) is 12.1 Å². The summed E-state index contributed by atoms with van der Waals surface area (Å²) in [6, 6.07) is 10.3. The second-order valence-electron chi connectivity index (χ2n) is 5.27. The lowest BCUT2D eigenvalue weighted by Crippen LogP contribution is -2.06. The molecule has 1 aromatic heterocycles. The number of benzene rings is 2. The SMILES string of the molecule is COc1ccc(-c2cnn(-c3ccc([N+](=O)[O-])cc3[N+](=O)[O-])c2N)cc1. The number of aromatic nitrogens is 2. The molecule has 26 heavy (non-hydrogen) atoms. The Labute approximate surface area is 146 Å². The molecule has 0 aliphatic carbocycles. The highest BCUT2D eigenvalue weighted by atomic mass is 16.6. The highest BCUT2D eigenvalue weighted by Gasteiger charge is 2.23. The second kappa shape index (κ2) is 6.51. The summed E-state index contributed by atoms with van der Waals surface area (Å²) in [6.07, 6.45) is 1.47. The second-order valence-corrected chi connectivity index (χ2v) is 5.27. The number of ether oxygens (including phenoxy) is 1. The Morgan fingerprint density at radius 3 is 2.35 bits per heavy atom. The molecule has 2 N–H and O–H groups in total. The molecule has 0 radical (unpaired) electrons. The van der Waals surface area contributed by atoms with Crippen LogP contribution in [0.2, 0.25) is 0 Å². The van der Waals surface area contributed by atoms with Crippen LogP contribution in [0.3, 0.4) is 0 Å². The Bertz CT molecular complexity index is 997. The van der Waals surface area contributed by atoms with Crippen LogP contribution in [-0.4, -0.2) is 26.7 Å². The van der Waals surface area contributed by atoms with Crippen molar-refractivity contribution in [2.75, 3.05) is 12.8 Å². The van der Waals surface area contributed by atoms with E-state index in [-0.39, 0.29) is 17.2 Å². The van der Waals surface area contributed by atoms with Crippen LogP contribution in [0.25, 0.3) is 16.8 Å². The third kappa shape index (κ3) is 2.90. The standard InChI is InChI=1S/C16H13N5O5/c1-26-12-5-2-10(3-6-12)13-9-18-19(16(13)17)14-7-4-11(20(22)23)8-15(14)21(24)25/h2-9H,17H2,1H3. The number of anilines is 1. The number of nitro benzene ring substituents is 2.